The van der Waals surface area contributed by atoms with E-state index in [1.807, 2.05) is 6.92 Å². The molecule has 0 saturated heterocycles. The molecule has 0 spiro atoms. The van der Waals surface area contributed by atoms with Gasteiger partial charge in [0.25, 0.3) is 0 Å². The van der Waals surface area contributed by atoms with Gasteiger partial charge in [-0.15, -0.1) is 0 Å². The molecule has 1 unspecified atom stereocenters. The first-order valence-corrected chi connectivity index (χ1v) is 6.46. The molecule has 5 heteroatoms. The zero-order valence-corrected chi connectivity index (χ0v) is 10.5. The number of carbonyl (C=O) groups excluding carboxylic acids is 1. The second-order valence-electron chi connectivity index (χ2n) is 4.68. The minimum Gasteiger partial charge on any atom is -0.409 e. The number of hydrogen-bond donors (Lipinski definition) is 3. The molecule has 0 aliphatic heterocycles. The van der Waals surface area contributed by atoms with Gasteiger partial charge in [0, 0.05) is 6.04 Å². The average Bonchev–Trinajstić information content (AvgIpc) is 2.58. The summed E-state index contributed by atoms with van der Waals surface area (Å²) >= 11 is 0. The van der Waals surface area contributed by atoms with E-state index in [2.05, 4.69) is 10.5 Å². The van der Waals surface area contributed by atoms with E-state index in [4.69, 9.17) is 10.9 Å². The van der Waals surface area contributed by atoms with Crippen LogP contribution in [0.4, 0.5) is 0 Å². The molecule has 1 aliphatic rings. The Morgan fingerprint density at radius 1 is 1.41 bits per heavy atom. The smallest absolute Gasteiger partial charge is 0.231 e. The predicted octanol–water partition coefficient (Wildman–Crippen LogP) is 1.60. The molecule has 17 heavy (non-hydrogen) atoms. The third kappa shape index (κ3) is 4.24. The molecular formula is C12H23N3O2. The number of carbonyl (C=O) groups is 1. The number of oxime groups is 1. The molecule has 0 bridgehead atoms. The van der Waals surface area contributed by atoms with Gasteiger partial charge in [-0.2, -0.15) is 0 Å². The summed E-state index contributed by atoms with van der Waals surface area (Å²) in [5.74, 6) is -0.628. The van der Waals surface area contributed by atoms with Crippen molar-refractivity contribution in [2.24, 2.45) is 16.8 Å². The lowest BCUT2D eigenvalue weighted by molar-refractivity contribution is -0.124. The fourth-order valence-electron chi connectivity index (χ4n) is 2.32. The Balaban J connectivity index is 2.51. The van der Waals surface area contributed by atoms with Gasteiger partial charge in [0.15, 0.2) is 5.84 Å². The molecular weight excluding hydrogens is 218 g/mol. The Morgan fingerprint density at radius 3 is 2.47 bits per heavy atom. The van der Waals surface area contributed by atoms with E-state index in [0.29, 0.717) is 6.42 Å². The van der Waals surface area contributed by atoms with Crippen molar-refractivity contribution < 1.29 is 10.0 Å². The maximum atomic E-state index is 12.0. The lowest BCUT2D eigenvalue weighted by Gasteiger charge is -2.20. The number of amidine groups is 1. The second kappa shape index (κ2) is 7.14. The van der Waals surface area contributed by atoms with Crippen LogP contribution in [0.5, 0.6) is 0 Å². The van der Waals surface area contributed by atoms with Crippen molar-refractivity contribution in [3.8, 4) is 0 Å². The Labute approximate surface area is 102 Å². The van der Waals surface area contributed by atoms with Gasteiger partial charge in [-0.25, -0.2) is 0 Å². The van der Waals surface area contributed by atoms with Crippen LogP contribution in [0.2, 0.25) is 0 Å². The molecule has 0 radical (unpaired) electrons. The van der Waals surface area contributed by atoms with Crippen LogP contribution >= 0.6 is 0 Å². The lowest BCUT2D eigenvalue weighted by atomic mass is 10.0. The summed E-state index contributed by atoms with van der Waals surface area (Å²) in [6.45, 7) is 1.86. The minimum absolute atomic E-state index is 0.00128. The SMILES string of the molecule is CCC(C(=O)NC1CCCCCC1)C(N)=NO. The molecule has 5 nitrogen and oxygen atoms in total. The molecule has 1 rings (SSSR count). The quantitative estimate of drug-likeness (QED) is 0.230. The Bertz CT molecular complexity index is 271. The summed E-state index contributed by atoms with van der Waals surface area (Å²) in [6, 6.07) is 0.255. The Hall–Kier alpha value is -1.26. The standard InChI is InChI=1S/C12H23N3O2/c1-2-10(11(13)15-17)12(16)14-9-7-5-3-4-6-8-9/h9-10,17H,2-8H2,1H3,(H2,13,15)(H,14,16). The molecule has 98 valence electrons. The number of hydrogen-bond acceptors (Lipinski definition) is 3. The fourth-order valence-corrected chi connectivity index (χ4v) is 2.32. The second-order valence-corrected chi connectivity index (χ2v) is 4.68. The lowest BCUT2D eigenvalue weighted by Crippen LogP contribution is -2.43. The van der Waals surface area contributed by atoms with Crippen LogP contribution in [0.25, 0.3) is 0 Å². The van der Waals surface area contributed by atoms with Crippen LogP contribution in [0, 0.1) is 5.92 Å². The van der Waals surface area contributed by atoms with E-state index in [1.165, 1.54) is 25.7 Å². The van der Waals surface area contributed by atoms with Crippen molar-refractivity contribution in [3.05, 3.63) is 0 Å². The first-order chi connectivity index (χ1) is 8.19. The van der Waals surface area contributed by atoms with Crippen LogP contribution in [0.3, 0.4) is 0 Å². The minimum atomic E-state index is -0.511. The summed E-state index contributed by atoms with van der Waals surface area (Å²) in [4.78, 5) is 12.0. The molecule has 1 fully saturated rings. The molecule has 1 atom stereocenters. The largest absolute Gasteiger partial charge is 0.409 e. The molecule has 0 heterocycles. The van der Waals surface area contributed by atoms with Crippen molar-refractivity contribution in [1.29, 1.82) is 0 Å². The van der Waals surface area contributed by atoms with Gasteiger partial charge in [-0.05, 0) is 19.3 Å². The first-order valence-electron chi connectivity index (χ1n) is 6.46. The van der Waals surface area contributed by atoms with Crippen molar-refractivity contribution >= 4 is 11.7 Å². The van der Waals surface area contributed by atoms with Gasteiger partial charge < -0.3 is 16.3 Å². The normalized spacial score (nSPS) is 20.6. The molecule has 0 aromatic carbocycles. The maximum Gasteiger partial charge on any atom is 0.231 e. The molecule has 0 aromatic heterocycles. The van der Waals surface area contributed by atoms with Gasteiger partial charge in [-0.1, -0.05) is 37.8 Å². The van der Waals surface area contributed by atoms with Crippen molar-refractivity contribution in [1.82, 2.24) is 5.32 Å². The van der Waals surface area contributed by atoms with Gasteiger partial charge in [0.05, 0.1) is 5.92 Å². The highest BCUT2D eigenvalue weighted by molar-refractivity contribution is 6.02. The third-order valence-electron chi connectivity index (χ3n) is 3.40. The zero-order valence-electron chi connectivity index (χ0n) is 10.5. The zero-order chi connectivity index (χ0) is 12.7. The maximum absolute atomic E-state index is 12.0. The van der Waals surface area contributed by atoms with E-state index in [1.54, 1.807) is 0 Å². The van der Waals surface area contributed by atoms with Gasteiger partial charge in [-0.3, -0.25) is 4.79 Å². The summed E-state index contributed by atoms with van der Waals surface area (Å²) in [5.41, 5.74) is 5.50. The highest BCUT2D eigenvalue weighted by atomic mass is 16.4. The topological polar surface area (TPSA) is 87.7 Å². The molecule has 1 saturated carbocycles. The highest BCUT2D eigenvalue weighted by Gasteiger charge is 2.24. The van der Waals surface area contributed by atoms with E-state index < -0.39 is 5.92 Å². The van der Waals surface area contributed by atoms with Gasteiger partial charge >= 0.3 is 0 Å². The van der Waals surface area contributed by atoms with Crippen LogP contribution in [0.1, 0.15) is 51.9 Å². The fraction of sp³-hybridized carbons (Fsp3) is 0.833. The molecule has 1 aliphatic carbocycles. The van der Waals surface area contributed by atoms with Crippen LogP contribution < -0.4 is 11.1 Å². The van der Waals surface area contributed by atoms with Crippen LogP contribution in [-0.2, 0) is 4.79 Å². The molecule has 1 amide bonds. The number of nitrogens with one attached hydrogen (secondary N) is 1. The summed E-state index contributed by atoms with van der Waals surface area (Å²) in [6.07, 6.45) is 7.48. The van der Waals surface area contributed by atoms with Crippen LogP contribution in [0.15, 0.2) is 5.16 Å². The highest BCUT2D eigenvalue weighted by Crippen LogP contribution is 2.17. The predicted molar refractivity (Wildman–Crippen MR) is 66.8 cm³/mol. The first kappa shape index (κ1) is 13.8. The van der Waals surface area contributed by atoms with Gasteiger partial charge in [0.1, 0.15) is 0 Å². The number of nitrogens with zero attached hydrogens (tertiary/aromatic N) is 1. The van der Waals surface area contributed by atoms with Crippen molar-refractivity contribution in [2.45, 2.75) is 57.9 Å². The van der Waals surface area contributed by atoms with E-state index in [-0.39, 0.29) is 17.8 Å². The molecule has 0 aromatic rings. The number of amides is 1. The Kier molecular flexibility index (Phi) is 5.80. The van der Waals surface area contributed by atoms with Gasteiger partial charge in [0.2, 0.25) is 5.91 Å². The van der Waals surface area contributed by atoms with E-state index in [9.17, 15) is 4.79 Å². The van der Waals surface area contributed by atoms with Crippen LogP contribution in [-0.4, -0.2) is 23.0 Å². The summed E-state index contributed by atoms with van der Waals surface area (Å²) < 4.78 is 0. The summed E-state index contributed by atoms with van der Waals surface area (Å²) in [7, 11) is 0. The average molecular weight is 241 g/mol. The van der Waals surface area contributed by atoms with E-state index >= 15 is 0 Å². The Morgan fingerprint density at radius 2 is 2.00 bits per heavy atom. The van der Waals surface area contributed by atoms with E-state index in [0.717, 1.165) is 12.8 Å². The monoisotopic (exact) mass is 241 g/mol. The van der Waals surface area contributed by atoms with Crippen molar-refractivity contribution in [3.63, 3.8) is 0 Å². The number of nitrogens with two attached hydrogens (primary N) is 1. The van der Waals surface area contributed by atoms with Crippen molar-refractivity contribution in [2.75, 3.05) is 0 Å². The summed E-state index contributed by atoms with van der Waals surface area (Å²) in [5, 5.41) is 14.6. The third-order valence-corrected chi connectivity index (χ3v) is 3.40. The number of rotatable bonds is 4. The molecule has 4 N–H and O–H groups in total.